The van der Waals surface area contributed by atoms with Gasteiger partial charge < -0.3 is 4.84 Å². The maximum Gasteiger partial charge on any atom is 0.142 e. The molecule has 0 aliphatic rings. The Hall–Kier alpha value is -2.74. The fraction of sp³-hybridized carbons (Fsp3) is 0.0667. The number of hydrogen-bond donors (Lipinski definition) is 0. The molecule has 1 radical (unpaired) electrons. The van der Waals surface area contributed by atoms with Crippen LogP contribution in [-0.4, -0.2) is 6.21 Å². The molecule has 0 fully saturated rings. The Morgan fingerprint density at radius 3 is 2.45 bits per heavy atom. The van der Waals surface area contributed by atoms with E-state index < -0.39 is 11.6 Å². The fourth-order valence-electron chi connectivity index (χ4n) is 1.54. The van der Waals surface area contributed by atoms with E-state index in [0.717, 1.165) is 18.2 Å². The van der Waals surface area contributed by atoms with Crippen molar-refractivity contribution in [3.8, 4) is 6.07 Å². The summed E-state index contributed by atoms with van der Waals surface area (Å²) in [7, 11) is 0. The normalized spacial score (nSPS) is 10.4. The molecule has 5 heteroatoms. The van der Waals surface area contributed by atoms with Gasteiger partial charge in [-0.15, -0.1) is 0 Å². The van der Waals surface area contributed by atoms with Gasteiger partial charge in [-0.2, -0.15) is 5.26 Å². The fourth-order valence-corrected chi connectivity index (χ4v) is 1.54. The molecular formula is C15H9F2N2O. The second-order valence-corrected chi connectivity index (χ2v) is 3.95. The molecule has 0 saturated carbocycles. The molecule has 2 aromatic rings. The predicted octanol–water partition coefficient (Wildman–Crippen LogP) is 3.26. The van der Waals surface area contributed by atoms with Gasteiger partial charge in [-0.3, -0.25) is 0 Å². The van der Waals surface area contributed by atoms with Crippen molar-refractivity contribution in [2.24, 2.45) is 5.16 Å². The number of halogens is 2. The molecule has 0 aromatic heterocycles. The summed E-state index contributed by atoms with van der Waals surface area (Å²) in [6.45, 7) is -0.0698. The maximum atomic E-state index is 12.9. The topological polar surface area (TPSA) is 45.4 Å². The third kappa shape index (κ3) is 3.89. The van der Waals surface area contributed by atoms with Gasteiger partial charge in [-0.25, -0.2) is 8.78 Å². The predicted molar refractivity (Wildman–Crippen MR) is 68.8 cm³/mol. The highest BCUT2D eigenvalue weighted by atomic mass is 19.1. The summed E-state index contributed by atoms with van der Waals surface area (Å²) in [4.78, 5) is 4.90. The van der Waals surface area contributed by atoms with Crippen LogP contribution in [0, 0.1) is 23.0 Å². The number of nitrogens with zero attached hydrogens (tertiary/aromatic N) is 2. The molecule has 0 amide bonds. The van der Waals surface area contributed by atoms with Crippen LogP contribution in [0.1, 0.15) is 16.7 Å². The highest BCUT2D eigenvalue weighted by Crippen LogP contribution is 2.09. The van der Waals surface area contributed by atoms with Crippen LogP contribution in [0.25, 0.3) is 0 Å². The zero-order valence-electron chi connectivity index (χ0n) is 10.3. The van der Waals surface area contributed by atoms with E-state index >= 15 is 0 Å². The Morgan fingerprint density at radius 1 is 1.05 bits per heavy atom. The first-order valence-electron chi connectivity index (χ1n) is 5.70. The number of hydrogen-bond acceptors (Lipinski definition) is 3. The van der Waals surface area contributed by atoms with Crippen molar-refractivity contribution >= 4 is 6.21 Å². The van der Waals surface area contributed by atoms with E-state index in [1.54, 1.807) is 24.3 Å². The molecule has 0 unspecified atom stereocenters. The highest BCUT2D eigenvalue weighted by Gasteiger charge is 2.00. The van der Waals surface area contributed by atoms with Crippen molar-refractivity contribution in [1.29, 1.82) is 5.26 Å². The minimum atomic E-state index is -0.668. The second-order valence-electron chi connectivity index (χ2n) is 3.95. The maximum absolute atomic E-state index is 12.9. The zero-order chi connectivity index (χ0) is 14.4. The smallest absolute Gasteiger partial charge is 0.142 e. The summed E-state index contributed by atoms with van der Waals surface area (Å²) in [5, 5.41) is 12.3. The van der Waals surface area contributed by atoms with E-state index in [0.29, 0.717) is 16.7 Å². The van der Waals surface area contributed by atoms with Crippen molar-refractivity contribution in [2.75, 3.05) is 0 Å². The average molecular weight is 271 g/mol. The Bertz CT molecular complexity index is 658. The Balaban J connectivity index is 1.95. The van der Waals surface area contributed by atoms with E-state index in [1.807, 2.05) is 6.07 Å². The van der Waals surface area contributed by atoms with Gasteiger partial charge in [-0.05, 0) is 29.8 Å². The molecule has 0 atom stereocenters. The molecule has 0 aliphatic heterocycles. The minimum absolute atomic E-state index is 0.0698. The van der Waals surface area contributed by atoms with Crippen molar-refractivity contribution in [3.63, 3.8) is 0 Å². The Morgan fingerprint density at radius 2 is 1.75 bits per heavy atom. The van der Waals surface area contributed by atoms with Gasteiger partial charge in [0.2, 0.25) is 0 Å². The van der Waals surface area contributed by atoms with Crippen LogP contribution in [0.2, 0.25) is 0 Å². The second kappa shape index (κ2) is 6.43. The van der Waals surface area contributed by atoms with E-state index in [2.05, 4.69) is 11.4 Å². The molecular weight excluding hydrogens is 262 g/mol. The summed E-state index contributed by atoms with van der Waals surface area (Å²) in [5.74, 6) is -1.34. The van der Waals surface area contributed by atoms with Gasteiger partial charge in [0.15, 0.2) is 0 Å². The molecule has 0 spiro atoms. The van der Waals surface area contributed by atoms with Gasteiger partial charge in [0.25, 0.3) is 0 Å². The monoisotopic (exact) mass is 271 g/mol. The van der Waals surface area contributed by atoms with Crippen LogP contribution in [-0.2, 0) is 11.4 Å². The lowest BCUT2D eigenvalue weighted by atomic mass is 10.1. The van der Waals surface area contributed by atoms with Gasteiger partial charge in [0, 0.05) is 11.6 Å². The first-order valence-corrected chi connectivity index (χ1v) is 5.70. The molecule has 2 rings (SSSR count). The number of benzene rings is 2. The molecule has 3 nitrogen and oxygen atoms in total. The van der Waals surface area contributed by atoms with E-state index in [1.165, 1.54) is 0 Å². The first-order chi connectivity index (χ1) is 9.67. The molecule has 0 saturated heterocycles. The lowest BCUT2D eigenvalue weighted by molar-refractivity contribution is 0.131. The molecule has 99 valence electrons. The van der Waals surface area contributed by atoms with Crippen molar-refractivity contribution in [2.45, 2.75) is 6.61 Å². The van der Waals surface area contributed by atoms with Gasteiger partial charge in [0.05, 0.1) is 11.6 Å². The van der Waals surface area contributed by atoms with Gasteiger partial charge >= 0.3 is 0 Å². The van der Waals surface area contributed by atoms with Crippen LogP contribution in [0.15, 0.2) is 47.6 Å². The van der Waals surface area contributed by atoms with E-state index in [4.69, 9.17) is 10.1 Å². The zero-order valence-corrected chi connectivity index (χ0v) is 10.3. The van der Waals surface area contributed by atoms with Crippen molar-refractivity contribution in [1.82, 2.24) is 0 Å². The average Bonchev–Trinajstić information content (AvgIpc) is 2.43. The van der Waals surface area contributed by atoms with Crippen molar-refractivity contribution < 1.29 is 13.6 Å². The summed E-state index contributed by atoms with van der Waals surface area (Å²) < 4.78 is 25.8. The van der Waals surface area contributed by atoms with Crippen LogP contribution < -0.4 is 0 Å². The largest absolute Gasteiger partial charge is 0.390 e. The van der Waals surface area contributed by atoms with Crippen LogP contribution in [0.5, 0.6) is 0 Å². The minimum Gasteiger partial charge on any atom is -0.390 e. The lowest BCUT2D eigenvalue weighted by Crippen LogP contribution is -1.91. The highest BCUT2D eigenvalue weighted by molar-refractivity contribution is 5.79. The quantitative estimate of drug-likeness (QED) is 0.633. The standard InChI is InChI=1S/C15H9F2N2O/c16-14-5-13(6-15(17)7-14)10-20-19-9-12-3-1-2-11(4-12)8-18/h1-7H,10H2. The number of rotatable bonds is 4. The molecule has 0 N–H and O–H groups in total. The first kappa shape index (κ1) is 13.7. The summed E-state index contributed by atoms with van der Waals surface area (Å²) >= 11 is 0. The third-order valence-corrected chi connectivity index (χ3v) is 2.38. The van der Waals surface area contributed by atoms with Gasteiger partial charge in [0.1, 0.15) is 24.5 Å². The molecule has 0 bridgehead atoms. The van der Waals surface area contributed by atoms with Crippen molar-refractivity contribution in [3.05, 3.63) is 70.8 Å². The summed E-state index contributed by atoms with van der Waals surface area (Å²) in [5.41, 5.74) is 1.39. The van der Waals surface area contributed by atoms with E-state index in [9.17, 15) is 8.78 Å². The van der Waals surface area contributed by atoms with Crippen LogP contribution in [0.3, 0.4) is 0 Å². The number of nitriles is 1. The van der Waals surface area contributed by atoms with Crippen LogP contribution >= 0.6 is 0 Å². The molecule has 2 aromatic carbocycles. The molecule has 20 heavy (non-hydrogen) atoms. The van der Waals surface area contributed by atoms with E-state index in [-0.39, 0.29) is 6.61 Å². The molecule has 0 heterocycles. The van der Waals surface area contributed by atoms with Gasteiger partial charge in [-0.1, -0.05) is 17.3 Å². The Labute approximate surface area is 114 Å². The van der Waals surface area contributed by atoms with Crippen LogP contribution in [0.4, 0.5) is 8.78 Å². The summed E-state index contributed by atoms with van der Waals surface area (Å²) in [6.07, 6.45) is 2.58. The molecule has 0 aliphatic carbocycles. The third-order valence-electron chi connectivity index (χ3n) is 2.38. The SMILES string of the molecule is N#Cc1cccc(/[C]=N\OCc2cc(F)cc(F)c2)c1. The lowest BCUT2D eigenvalue weighted by Gasteiger charge is -2.00. The summed E-state index contributed by atoms with van der Waals surface area (Å²) in [6, 6.07) is 11.7. The Kier molecular flexibility index (Phi) is 4.40.